The van der Waals surface area contributed by atoms with Crippen LogP contribution in [0, 0.1) is 17.9 Å². The standard InChI is InChI=1S/C20H17N5O3S.C20H16N2O3S.C13H13NO.C7H4ClNO2S.CH3F/c1-28-19-12-9-16(14-5-3-2-4-6-14)13-18(19)23-29(26,27)17-10-7-15(8-11-17)20-21-24-25-22-20;1-21-17-9-11-18(12-10-17)26(23,24)22-19-14-16(8-13-20(19)25-2)15-6-4-3-5-7-15;1-15-13-8-7-11(9-12(13)14)10-5-3-2-4-6-10;8-12(10,11)7-3-1-6(5-9)2-4-7;1-2/h2-13,23H,1H3,(H,21,22,24,25);3-14,22H,2H3;2-9H,14H2,1H3;1-4H;1H3/i;;;;1D. The Morgan fingerprint density at radius 3 is 1.30 bits per heavy atom. The minimum atomic E-state index is -3.82. The number of H-pyrrole nitrogens is 1. The molecule has 0 unspecified atom stereocenters. The Hall–Kier alpha value is -10.1. The first-order valence-electron chi connectivity index (χ1n) is 25.2. The number of nitrogen functional groups attached to an aromatic ring is 1. The largest absolute Gasteiger partial charge is 0.495 e. The lowest BCUT2D eigenvalue weighted by Gasteiger charge is -2.14. The van der Waals surface area contributed by atoms with Crippen LogP contribution in [-0.2, 0) is 29.1 Å². The second kappa shape index (κ2) is 30.1. The Bertz CT molecular complexity index is 4210. The summed E-state index contributed by atoms with van der Waals surface area (Å²) in [5, 5.41) is 22.0. The van der Waals surface area contributed by atoms with E-state index in [0.717, 1.165) is 39.1 Å². The number of anilines is 3. The number of alkyl halides is 1. The predicted octanol–water partition coefficient (Wildman–Crippen LogP) is 13.1. The van der Waals surface area contributed by atoms with Crippen molar-refractivity contribution in [3.05, 3.63) is 235 Å². The molecule has 0 amide bonds. The molecule has 428 valence electrons. The maximum Gasteiger partial charge on any atom is 0.262 e. The first-order chi connectivity index (χ1) is 40.9. The van der Waals surface area contributed by atoms with Crippen LogP contribution in [-0.4, -0.2) is 74.4 Å². The number of rotatable bonds is 14. The molecule has 0 bridgehead atoms. The molecule has 84 heavy (non-hydrogen) atoms. The van der Waals surface area contributed by atoms with Gasteiger partial charge in [-0.15, -0.1) is 10.2 Å². The van der Waals surface area contributed by atoms with E-state index < -0.39 is 36.3 Å². The van der Waals surface area contributed by atoms with Crippen LogP contribution >= 0.6 is 10.7 Å². The van der Waals surface area contributed by atoms with Crippen molar-refractivity contribution in [3.63, 3.8) is 0 Å². The number of nitriles is 1. The summed E-state index contributed by atoms with van der Waals surface area (Å²) in [4.78, 5) is 3.46. The van der Waals surface area contributed by atoms with Crippen LogP contribution in [0.5, 0.6) is 17.2 Å². The number of halogens is 2. The highest BCUT2D eigenvalue weighted by atomic mass is 35.7. The number of benzene rings is 9. The Morgan fingerprint density at radius 2 is 0.940 bits per heavy atom. The molecule has 0 radical (unpaired) electrons. The third-order valence-corrected chi connectivity index (χ3v) is 15.9. The highest BCUT2D eigenvalue weighted by Crippen LogP contribution is 2.35. The summed E-state index contributed by atoms with van der Waals surface area (Å²) in [6.45, 7) is 6.95. The van der Waals surface area contributed by atoms with Gasteiger partial charge in [0.2, 0.25) is 5.82 Å². The molecule has 0 spiro atoms. The molecular formula is C61H53ClFN9O9S3. The number of nitrogens with one attached hydrogen (secondary N) is 3. The molecule has 1 aromatic heterocycles. The van der Waals surface area contributed by atoms with Gasteiger partial charge in [-0.3, -0.25) is 13.8 Å². The van der Waals surface area contributed by atoms with Crippen molar-refractivity contribution in [2.45, 2.75) is 14.7 Å². The fourth-order valence-electron chi connectivity index (χ4n) is 7.61. The fraction of sp³-hybridized carbons (Fsp3) is 0.0656. The lowest BCUT2D eigenvalue weighted by atomic mass is 10.1. The van der Waals surface area contributed by atoms with Crippen LogP contribution in [0.4, 0.5) is 27.1 Å². The van der Waals surface area contributed by atoms with Crippen molar-refractivity contribution in [2.24, 2.45) is 0 Å². The van der Waals surface area contributed by atoms with Crippen molar-refractivity contribution in [1.82, 2.24) is 20.6 Å². The molecule has 9 aromatic carbocycles. The molecule has 0 aliphatic heterocycles. The number of ether oxygens (including phenoxy) is 3. The molecule has 0 atom stereocenters. The quantitative estimate of drug-likeness (QED) is 0.0448. The van der Waals surface area contributed by atoms with E-state index in [0.29, 0.717) is 51.2 Å². The monoisotopic (exact) mass is 1210 g/mol. The molecule has 0 aliphatic rings. The normalized spacial score (nSPS) is 10.7. The summed E-state index contributed by atoms with van der Waals surface area (Å²) in [5.41, 5.74) is 14.6. The van der Waals surface area contributed by atoms with E-state index in [1.54, 1.807) is 43.5 Å². The maximum absolute atomic E-state index is 12.9. The number of hydrogen-bond acceptors (Lipinski definition) is 14. The van der Waals surface area contributed by atoms with E-state index in [-0.39, 0.29) is 14.7 Å². The molecule has 0 aliphatic carbocycles. The van der Waals surface area contributed by atoms with Crippen LogP contribution in [0.2, 0.25) is 0 Å². The summed E-state index contributed by atoms with van der Waals surface area (Å²) >= 11 is 0. The fourth-order valence-corrected chi connectivity index (χ4v) is 10.5. The number of tetrazole rings is 1. The maximum atomic E-state index is 12.9. The summed E-state index contributed by atoms with van der Waals surface area (Å²) in [6, 6.07) is 65.2. The molecule has 23 heteroatoms. The van der Waals surface area contributed by atoms with Crippen LogP contribution in [0.1, 0.15) is 6.93 Å². The number of aromatic nitrogens is 4. The van der Waals surface area contributed by atoms with Crippen LogP contribution in [0.15, 0.2) is 233 Å². The molecule has 0 fully saturated rings. The van der Waals surface area contributed by atoms with Crippen molar-refractivity contribution >= 4 is 62.5 Å². The van der Waals surface area contributed by atoms with Gasteiger partial charge in [0, 0.05) is 16.2 Å². The van der Waals surface area contributed by atoms with Gasteiger partial charge in [0.1, 0.15) is 17.2 Å². The van der Waals surface area contributed by atoms with E-state index in [4.69, 9.17) is 43.8 Å². The summed E-state index contributed by atoms with van der Waals surface area (Å²) < 4.78 is 109. The van der Waals surface area contributed by atoms with Gasteiger partial charge in [-0.25, -0.2) is 30.1 Å². The van der Waals surface area contributed by atoms with E-state index in [1.165, 1.54) is 74.9 Å². The topological polar surface area (TPSA) is 263 Å². The van der Waals surface area contributed by atoms with Crippen molar-refractivity contribution in [2.75, 3.05) is 43.7 Å². The Labute approximate surface area is 492 Å². The molecule has 0 saturated heterocycles. The highest BCUT2D eigenvalue weighted by molar-refractivity contribution is 8.13. The summed E-state index contributed by atoms with van der Waals surface area (Å²) in [5.74, 6) is 1.96. The second-order valence-corrected chi connectivity index (χ2v) is 23.0. The van der Waals surface area contributed by atoms with E-state index in [2.05, 4.69) is 47.0 Å². The summed E-state index contributed by atoms with van der Waals surface area (Å²) in [7, 11) is -2.65. The van der Waals surface area contributed by atoms with Crippen LogP contribution in [0.25, 0.3) is 49.6 Å². The van der Waals surface area contributed by atoms with Crippen molar-refractivity contribution < 1.29 is 45.2 Å². The molecule has 10 rings (SSSR count). The molecule has 10 aromatic rings. The zero-order valence-electron chi connectivity index (χ0n) is 46.0. The first-order valence-corrected chi connectivity index (χ1v) is 29.8. The molecule has 5 N–H and O–H groups in total. The lowest BCUT2D eigenvalue weighted by molar-refractivity contribution is 0.417. The number of nitrogens with zero attached hydrogens (tertiary/aromatic N) is 5. The minimum Gasteiger partial charge on any atom is -0.495 e. The molecular weight excluding hydrogens is 1150 g/mol. The Morgan fingerprint density at radius 1 is 0.560 bits per heavy atom. The third kappa shape index (κ3) is 17.5. The minimum absolute atomic E-state index is 0.00293. The first kappa shape index (κ1) is 61.5. The number of nitrogens with two attached hydrogens (primary N) is 1. The van der Waals surface area contributed by atoms with Gasteiger partial charge in [0.15, 0.2) is 5.69 Å². The van der Waals surface area contributed by atoms with Gasteiger partial charge in [-0.05, 0) is 124 Å². The van der Waals surface area contributed by atoms with Crippen LogP contribution in [0.3, 0.4) is 0 Å². The average molecular weight is 1210 g/mol. The van der Waals surface area contributed by atoms with Gasteiger partial charge in [0.25, 0.3) is 29.1 Å². The van der Waals surface area contributed by atoms with Crippen molar-refractivity contribution in [3.8, 4) is 68.1 Å². The van der Waals surface area contributed by atoms with E-state index in [9.17, 15) is 29.6 Å². The molecule has 0 saturated carbocycles. The lowest BCUT2D eigenvalue weighted by Crippen LogP contribution is -2.13. The van der Waals surface area contributed by atoms with E-state index >= 15 is 0 Å². The van der Waals surface area contributed by atoms with Crippen molar-refractivity contribution in [1.29, 1.82) is 5.26 Å². The van der Waals surface area contributed by atoms with Gasteiger partial charge in [-0.1, -0.05) is 133 Å². The Kier molecular flexibility index (Phi) is 22.0. The number of methoxy groups -OCH3 is 3. The molecule has 1 heterocycles. The zero-order chi connectivity index (χ0) is 61.4. The Balaban J connectivity index is 0.000000188. The third-order valence-electron chi connectivity index (χ3n) is 11.7. The summed E-state index contributed by atoms with van der Waals surface area (Å²) in [6.07, 6.45) is 0. The van der Waals surface area contributed by atoms with Gasteiger partial charge < -0.3 is 19.9 Å². The number of aromatic amines is 1. The SMILES string of the molecule is COc1ccc(-c2ccccc2)cc1N.COc1ccc(-c2ccccc2)cc1NS(=O)(=O)c1ccc(-c2nn[nH]n2)cc1.N#Cc1ccc(S(=O)(=O)Cl)cc1.[2H]CF.[C-]#[N+]c1ccc(S(=O)(=O)Nc2cc(-c3ccccc3)ccc2OC)cc1. The predicted molar refractivity (Wildman–Crippen MR) is 325 cm³/mol. The second-order valence-electron chi connectivity index (χ2n) is 17.0. The molecule has 18 nitrogen and oxygen atoms in total. The van der Waals surface area contributed by atoms with Gasteiger partial charge in [0.05, 0.1) is 79.8 Å². The zero-order valence-corrected chi connectivity index (χ0v) is 48.2. The number of sulfonamides is 2. The van der Waals surface area contributed by atoms with E-state index in [1.807, 2.05) is 115 Å². The van der Waals surface area contributed by atoms with Crippen LogP contribution < -0.4 is 29.4 Å². The van der Waals surface area contributed by atoms with Gasteiger partial charge in [-0.2, -0.15) is 10.5 Å². The van der Waals surface area contributed by atoms with Gasteiger partial charge >= 0.3 is 0 Å². The average Bonchev–Trinajstić information content (AvgIpc) is 3.73. The number of hydrogen-bond donors (Lipinski definition) is 4. The highest BCUT2D eigenvalue weighted by Gasteiger charge is 2.20. The smallest absolute Gasteiger partial charge is 0.262 e.